The number of carbonyl (C=O) groups excluding carboxylic acids is 1. The van der Waals surface area contributed by atoms with E-state index < -0.39 is 34.2 Å². The number of ether oxygens (including phenoxy) is 1. The van der Waals surface area contributed by atoms with Crippen molar-refractivity contribution in [2.45, 2.75) is 82.7 Å². The van der Waals surface area contributed by atoms with E-state index in [9.17, 15) is 18.3 Å². The molecule has 3 N–H and O–H groups in total. The molecule has 0 radical (unpaired) electrons. The summed E-state index contributed by atoms with van der Waals surface area (Å²) < 4.78 is 35.4. The Morgan fingerprint density at radius 2 is 1.48 bits per heavy atom. The van der Waals surface area contributed by atoms with Gasteiger partial charge < -0.3 is 14.9 Å². The summed E-state index contributed by atoms with van der Waals surface area (Å²) in [6.45, 7) is 1.24. The molecule has 0 amide bonds. The van der Waals surface area contributed by atoms with E-state index in [0.717, 1.165) is 19.3 Å². The zero-order valence-electron chi connectivity index (χ0n) is 13.8. The van der Waals surface area contributed by atoms with E-state index in [1.54, 1.807) is 0 Å². The van der Waals surface area contributed by atoms with E-state index >= 15 is 0 Å². The van der Waals surface area contributed by atoms with Gasteiger partial charge in [-0.3, -0.25) is 9.35 Å². The lowest BCUT2D eigenvalue weighted by molar-refractivity contribution is -0.150. The van der Waals surface area contributed by atoms with Crippen LogP contribution in [0.1, 0.15) is 71.1 Å². The molecule has 2 atom stereocenters. The van der Waals surface area contributed by atoms with Gasteiger partial charge in [-0.05, 0) is 6.42 Å². The van der Waals surface area contributed by atoms with Crippen molar-refractivity contribution >= 4 is 16.1 Å². The third kappa shape index (κ3) is 11.5. The van der Waals surface area contributed by atoms with Gasteiger partial charge in [-0.2, -0.15) is 8.42 Å². The highest BCUT2D eigenvalue weighted by Crippen LogP contribution is 2.13. The molecule has 0 rings (SSSR count). The molecule has 0 spiro atoms. The highest BCUT2D eigenvalue weighted by atomic mass is 32.2. The quantitative estimate of drug-likeness (QED) is 0.248. The number of carbonyl (C=O) groups is 1. The lowest BCUT2D eigenvalue weighted by atomic mass is 10.1. The van der Waals surface area contributed by atoms with Crippen molar-refractivity contribution < 1.29 is 32.7 Å². The van der Waals surface area contributed by atoms with Crippen molar-refractivity contribution in [3.8, 4) is 0 Å². The van der Waals surface area contributed by atoms with Crippen molar-refractivity contribution in [3.05, 3.63) is 0 Å². The SMILES string of the molecule is CCCCCCCCCCCC(=O)OC(C(O)CO)S(=O)(=O)O. The normalized spacial score (nSPS) is 14.4. The molecule has 0 aromatic heterocycles. The fraction of sp³-hybridized carbons (Fsp3) is 0.933. The third-order valence-electron chi connectivity index (χ3n) is 3.53. The van der Waals surface area contributed by atoms with Crippen LogP contribution in [0.2, 0.25) is 0 Å². The predicted octanol–water partition coefficient (Wildman–Crippen LogP) is 2.02. The topological polar surface area (TPSA) is 121 Å². The predicted molar refractivity (Wildman–Crippen MR) is 86.4 cm³/mol. The van der Waals surface area contributed by atoms with Crippen LogP contribution in [0.15, 0.2) is 0 Å². The van der Waals surface area contributed by atoms with E-state index in [4.69, 9.17) is 9.66 Å². The zero-order valence-corrected chi connectivity index (χ0v) is 14.6. The summed E-state index contributed by atoms with van der Waals surface area (Å²) in [5.41, 5.74) is -2.14. The molecule has 0 aromatic carbocycles. The molecule has 0 bridgehead atoms. The van der Waals surface area contributed by atoms with Crippen LogP contribution < -0.4 is 0 Å². The monoisotopic (exact) mass is 354 g/mol. The fourth-order valence-electron chi connectivity index (χ4n) is 2.19. The number of hydrogen-bond acceptors (Lipinski definition) is 6. The first-order chi connectivity index (χ1) is 10.8. The van der Waals surface area contributed by atoms with Crippen molar-refractivity contribution in [2.24, 2.45) is 0 Å². The van der Waals surface area contributed by atoms with Crippen molar-refractivity contribution in [1.82, 2.24) is 0 Å². The van der Waals surface area contributed by atoms with Gasteiger partial charge >= 0.3 is 16.1 Å². The maximum atomic E-state index is 11.5. The van der Waals surface area contributed by atoms with Gasteiger partial charge in [0.05, 0.1) is 6.61 Å². The van der Waals surface area contributed by atoms with Crippen molar-refractivity contribution in [3.63, 3.8) is 0 Å². The van der Waals surface area contributed by atoms with Crippen LogP contribution in [-0.4, -0.2) is 47.3 Å². The Kier molecular flexibility index (Phi) is 12.3. The molecule has 23 heavy (non-hydrogen) atoms. The standard InChI is InChI=1S/C15H30O7S/c1-2-3-4-5-6-7-8-9-10-11-14(18)22-15(13(17)12-16)23(19,20)21/h13,15-17H,2-12H2,1H3,(H,19,20,21). The van der Waals surface area contributed by atoms with E-state index in [1.807, 2.05) is 0 Å². The van der Waals surface area contributed by atoms with Crippen LogP contribution in [0.4, 0.5) is 0 Å². The average Bonchev–Trinajstić information content (AvgIpc) is 2.49. The molecule has 0 saturated carbocycles. The van der Waals surface area contributed by atoms with Gasteiger partial charge in [0.2, 0.25) is 0 Å². The molecule has 0 aliphatic rings. The minimum atomic E-state index is -4.77. The molecule has 138 valence electrons. The number of aliphatic hydroxyl groups excluding tert-OH is 2. The lowest BCUT2D eigenvalue weighted by Crippen LogP contribution is -2.40. The Labute approximate surface area is 138 Å². The summed E-state index contributed by atoms with van der Waals surface area (Å²) in [5, 5.41) is 18.0. The smallest absolute Gasteiger partial charge is 0.307 e. The summed E-state index contributed by atoms with van der Waals surface area (Å²) in [5.74, 6) is -0.817. The number of hydrogen-bond donors (Lipinski definition) is 3. The molecule has 0 saturated heterocycles. The Bertz CT molecular complexity index is 408. The largest absolute Gasteiger partial charge is 0.440 e. The Morgan fingerprint density at radius 1 is 1.00 bits per heavy atom. The maximum absolute atomic E-state index is 11.5. The molecule has 0 fully saturated rings. The molecule has 8 heteroatoms. The number of rotatable bonds is 14. The third-order valence-corrected chi connectivity index (χ3v) is 4.52. The van der Waals surface area contributed by atoms with E-state index in [2.05, 4.69) is 11.7 Å². The Morgan fingerprint density at radius 3 is 1.91 bits per heavy atom. The van der Waals surface area contributed by atoms with E-state index in [1.165, 1.54) is 32.1 Å². The van der Waals surface area contributed by atoms with Crippen molar-refractivity contribution in [1.29, 1.82) is 0 Å². The molecular formula is C15H30O7S. The minimum absolute atomic E-state index is 0.0139. The van der Waals surface area contributed by atoms with Gasteiger partial charge in [0.15, 0.2) is 0 Å². The van der Waals surface area contributed by atoms with Crippen LogP contribution in [0, 0.1) is 0 Å². The molecular weight excluding hydrogens is 324 g/mol. The summed E-state index contributed by atoms with van der Waals surface area (Å²) >= 11 is 0. The number of unbranched alkanes of at least 4 members (excludes halogenated alkanes) is 8. The van der Waals surface area contributed by atoms with Crippen LogP contribution in [0.5, 0.6) is 0 Å². The van der Waals surface area contributed by atoms with Crippen LogP contribution in [0.25, 0.3) is 0 Å². The second-order valence-electron chi connectivity index (χ2n) is 5.70. The van der Waals surface area contributed by atoms with Gasteiger partial charge in [-0.25, -0.2) is 0 Å². The Hall–Kier alpha value is -0.700. The first kappa shape index (κ1) is 22.3. The molecule has 2 unspecified atom stereocenters. The second-order valence-corrected chi connectivity index (χ2v) is 7.20. The molecule has 0 heterocycles. The first-order valence-electron chi connectivity index (χ1n) is 8.27. The second kappa shape index (κ2) is 12.7. The van der Waals surface area contributed by atoms with E-state index in [0.29, 0.717) is 6.42 Å². The van der Waals surface area contributed by atoms with Gasteiger partial charge in [0.1, 0.15) is 6.10 Å². The summed E-state index contributed by atoms with van der Waals surface area (Å²) in [6.07, 6.45) is 7.80. The first-order valence-corrected chi connectivity index (χ1v) is 9.78. The molecule has 7 nitrogen and oxygen atoms in total. The van der Waals surface area contributed by atoms with Gasteiger partial charge in [0.25, 0.3) is 5.44 Å². The van der Waals surface area contributed by atoms with Crippen LogP contribution in [-0.2, 0) is 19.6 Å². The Balaban J connectivity index is 3.85. The summed E-state index contributed by atoms with van der Waals surface area (Å²) in [7, 11) is -4.77. The van der Waals surface area contributed by atoms with Crippen LogP contribution >= 0.6 is 0 Å². The summed E-state index contributed by atoms with van der Waals surface area (Å²) in [6, 6.07) is 0. The minimum Gasteiger partial charge on any atom is -0.440 e. The van der Waals surface area contributed by atoms with Crippen molar-refractivity contribution in [2.75, 3.05) is 6.61 Å². The van der Waals surface area contributed by atoms with Gasteiger partial charge in [0, 0.05) is 6.42 Å². The average molecular weight is 354 g/mol. The molecule has 0 aliphatic heterocycles. The van der Waals surface area contributed by atoms with Gasteiger partial charge in [-0.15, -0.1) is 0 Å². The maximum Gasteiger partial charge on any atom is 0.307 e. The number of esters is 1. The van der Waals surface area contributed by atoms with Gasteiger partial charge in [-0.1, -0.05) is 58.3 Å². The molecule has 0 aliphatic carbocycles. The fourth-order valence-corrected chi connectivity index (χ4v) is 2.90. The number of aliphatic hydroxyl groups is 2. The molecule has 0 aromatic rings. The van der Waals surface area contributed by atoms with Crippen LogP contribution in [0.3, 0.4) is 0 Å². The lowest BCUT2D eigenvalue weighted by Gasteiger charge is -2.18. The van der Waals surface area contributed by atoms with E-state index in [-0.39, 0.29) is 6.42 Å². The zero-order chi connectivity index (χ0) is 17.7. The summed E-state index contributed by atoms with van der Waals surface area (Å²) in [4.78, 5) is 11.5. The highest BCUT2D eigenvalue weighted by molar-refractivity contribution is 7.86. The highest BCUT2D eigenvalue weighted by Gasteiger charge is 2.34.